The average molecular weight is 344 g/mol. The first-order valence-corrected chi connectivity index (χ1v) is 9.61. The van der Waals surface area contributed by atoms with Crippen molar-refractivity contribution < 1.29 is 14.3 Å². The third kappa shape index (κ3) is 4.40. The highest BCUT2D eigenvalue weighted by Crippen LogP contribution is 2.31. The molecule has 1 aliphatic carbocycles. The van der Waals surface area contributed by atoms with Crippen molar-refractivity contribution in [2.24, 2.45) is 0 Å². The highest BCUT2D eigenvalue weighted by atomic mass is 16.5. The molecule has 0 bridgehead atoms. The van der Waals surface area contributed by atoms with Crippen LogP contribution in [0.4, 0.5) is 0 Å². The summed E-state index contributed by atoms with van der Waals surface area (Å²) in [6.45, 7) is 3.39. The molecule has 4 rings (SSSR count). The molecule has 2 heterocycles. The molecule has 1 N–H and O–H groups in total. The smallest absolute Gasteiger partial charge is 0.249 e. The summed E-state index contributed by atoms with van der Waals surface area (Å²) < 4.78 is 11.9. The predicted octanol–water partition coefficient (Wildman–Crippen LogP) is 2.10. The summed E-state index contributed by atoms with van der Waals surface area (Å²) in [7, 11) is 0. The predicted molar refractivity (Wildman–Crippen MR) is 95.1 cm³/mol. The molecule has 1 aromatic rings. The lowest BCUT2D eigenvalue weighted by Crippen LogP contribution is -2.48. The molecule has 25 heavy (non-hydrogen) atoms. The topological polar surface area (TPSA) is 50.8 Å². The number of rotatable bonds is 7. The second-order valence-electron chi connectivity index (χ2n) is 7.45. The molecule has 5 heteroatoms. The molecule has 0 radical (unpaired) electrons. The van der Waals surface area contributed by atoms with Crippen molar-refractivity contribution in [2.45, 2.75) is 63.0 Å². The number of carbonyl (C=O) groups is 1. The molecule has 3 atom stereocenters. The summed E-state index contributed by atoms with van der Waals surface area (Å²) in [5.41, 5.74) is 1.22. The Hall–Kier alpha value is -1.43. The lowest BCUT2D eigenvalue weighted by molar-refractivity contribution is -0.144. The Kier molecular flexibility index (Phi) is 5.34. The Balaban J connectivity index is 1.19. The van der Waals surface area contributed by atoms with E-state index in [1.807, 2.05) is 18.2 Å². The van der Waals surface area contributed by atoms with Crippen LogP contribution < -0.4 is 5.32 Å². The van der Waals surface area contributed by atoms with Crippen LogP contribution in [0, 0.1) is 0 Å². The summed E-state index contributed by atoms with van der Waals surface area (Å²) in [4.78, 5) is 14.7. The highest BCUT2D eigenvalue weighted by molar-refractivity contribution is 5.81. The van der Waals surface area contributed by atoms with E-state index >= 15 is 0 Å². The van der Waals surface area contributed by atoms with E-state index in [0.29, 0.717) is 18.7 Å². The van der Waals surface area contributed by atoms with Gasteiger partial charge in [0.15, 0.2) is 0 Å². The highest BCUT2D eigenvalue weighted by Gasteiger charge is 2.42. The first-order valence-electron chi connectivity index (χ1n) is 9.61. The van der Waals surface area contributed by atoms with Crippen molar-refractivity contribution in [2.75, 3.05) is 19.7 Å². The van der Waals surface area contributed by atoms with Crippen LogP contribution in [0.25, 0.3) is 0 Å². The van der Waals surface area contributed by atoms with Gasteiger partial charge in [0.05, 0.1) is 19.3 Å². The molecule has 1 amide bonds. The van der Waals surface area contributed by atoms with E-state index in [4.69, 9.17) is 9.47 Å². The third-order valence-electron chi connectivity index (χ3n) is 5.51. The van der Waals surface area contributed by atoms with Crippen molar-refractivity contribution in [1.82, 2.24) is 10.2 Å². The summed E-state index contributed by atoms with van der Waals surface area (Å²) in [6, 6.07) is 11.1. The lowest BCUT2D eigenvalue weighted by atomic mass is 9.98. The maximum absolute atomic E-state index is 12.2. The number of amides is 1. The van der Waals surface area contributed by atoms with Gasteiger partial charge in [-0.3, -0.25) is 9.69 Å². The SMILES string of the molecule is O=C(NC1CC1)[C@H]1CC[C@@H]2[C@@H](CCN2CCOCc2ccccc2)O1. The van der Waals surface area contributed by atoms with Gasteiger partial charge in [-0.05, 0) is 37.7 Å². The molecule has 0 spiro atoms. The van der Waals surface area contributed by atoms with Gasteiger partial charge < -0.3 is 14.8 Å². The quantitative estimate of drug-likeness (QED) is 0.770. The summed E-state index contributed by atoms with van der Waals surface area (Å²) in [5.74, 6) is 0.102. The van der Waals surface area contributed by atoms with Crippen LogP contribution in [0.5, 0.6) is 0 Å². The number of ether oxygens (including phenoxy) is 2. The van der Waals surface area contributed by atoms with Crippen LogP contribution in [-0.2, 0) is 20.9 Å². The van der Waals surface area contributed by atoms with E-state index in [0.717, 1.165) is 51.8 Å². The van der Waals surface area contributed by atoms with E-state index in [-0.39, 0.29) is 18.1 Å². The van der Waals surface area contributed by atoms with Gasteiger partial charge in [-0.25, -0.2) is 0 Å². The molecule has 2 saturated heterocycles. The molecule has 1 aromatic carbocycles. The number of hydrogen-bond acceptors (Lipinski definition) is 4. The van der Waals surface area contributed by atoms with Gasteiger partial charge in [0, 0.05) is 25.2 Å². The van der Waals surface area contributed by atoms with Gasteiger partial charge in [-0.15, -0.1) is 0 Å². The van der Waals surface area contributed by atoms with Crippen molar-refractivity contribution in [3.63, 3.8) is 0 Å². The number of benzene rings is 1. The van der Waals surface area contributed by atoms with Crippen LogP contribution in [0.2, 0.25) is 0 Å². The molecule has 3 fully saturated rings. The number of likely N-dealkylation sites (tertiary alicyclic amines) is 1. The van der Waals surface area contributed by atoms with Gasteiger partial charge in [0.1, 0.15) is 6.10 Å². The van der Waals surface area contributed by atoms with Crippen LogP contribution in [0.3, 0.4) is 0 Å². The number of nitrogens with zero attached hydrogens (tertiary/aromatic N) is 1. The van der Waals surface area contributed by atoms with Gasteiger partial charge in [-0.2, -0.15) is 0 Å². The largest absolute Gasteiger partial charge is 0.375 e. The number of fused-ring (bicyclic) bond motifs is 1. The molecule has 1 saturated carbocycles. The number of nitrogens with one attached hydrogen (secondary N) is 1. The van der Waals surface area contributed by atoms with Crippen LogP contribution in [-0.4, -0.2) is 54.8 Å². The minimum absolute atomic E-state index is 0.102. The number of hydrogen-bond donors (Lipinski definition) is 1. The van der Waals surface area contributed by atoms with E-state index < -0.39 is 0 Å². The zero-order chi connectivity index (χ0) is 17.1. The van der Waals surface area contributed by atoms with Gasteiger partial charge in [-0.1, -0.05) is 30.3 Å². The zero-order valence-electron chi connectivity index (χ0n) is 14.7. The first-order chi connectivity index (χ1) is 12.3. The fourth-order valence-corrected chi connectivity index (χ4v) is 3.95. The van der Waals surface area contributed by atoms with E-state index in [2.05, 4.69) is 22.3 Å². The monoisotopic (exact) mass is 344 g/mol. The van der Waals surface area contributed by atoms with Crippen molar-refractivity contribution in [3.8, 4) is 0 Å². The average Bonchev–Trinajstić information content (AvgIpc) is 3.37. The second-order valence-corrected chi connectivity index (χ2v) is 7.45. The van der Waals surface area contributed by atoms with Crippen LogP contribution in [0.15, 0.2) is 30.3 Å². The fourth-order valence-electron chi connectivity index (χ4n) is 3.95. The van der Waals surface area contributed by atoms with E-state index in [1.165, 1.54) is 5.56 Å². The Bertz CT molecular complexity index is 576. The van der Waals surface area contributed by atoms with Crippen LogP contribution in [0.1, 0.15) is 37.7 Å². The summed E-state index contributed by atoms with van der Waals surface area (Å²) in [6.07, 6.45) is 5.13. The molecule has 136 valence electrons. The van der Waals surface area contributed by atoms with Gasteiger partial charge in [0.2, 0.25) is 5.91 Å². The van der Waals surface area contributed by atoms with Crippen molar-refractivity contribution in [1.29, 1.82) is 0 Å². The lowest BCUT2D eigenvalue weighted by Gasteiger charge is -2.35. The van der Waals surface area contributed by atoms with Gasteiger partial charge in [0.25, 0.3) is 0 Å². The Labute approximate surface area is 149 Å². The van der Waals surface area contributed by atoms with Crippen molar-refractivity contribution >= 4 is 5.91 Å². The Morgan fingerprint density at radius 1 is 1.16 bits per heavy atom. The number of carbonyl (C=O) groups excluding carboxylic acids is 1. The molecular formula is C20H28N2O3. The fraction of sp³-hybridized carbons (Fsp3) is 0.650. The second kappa shape index (κ2) is 7.85. The normalized spacial score (nSPS) is 29.4. The zero-order valence-corrected chi connectivity index (χ0v) is 14.7. The molecule has 0 unspecified atom stereocenters. The maximum atomic E-state index is 12.2. The summed E-state index contributed by atoms with van der Waals surface area (Å²) >= 11 is 0. The first kappa shape index (κ1) is 17.0. The van der Waals surface area contributed by atoms with Crippen molar-refractivity contribution in [3.05, 3.63) is 35.9 Å². The van der Waals surface area contributed by atoms with Crippen LogP contribution >= 0.6 is 0 Å². The molecule has 2 aliphatic heterocycles. The van der Waals surface area contributed by atoms with E-state index in [9.17, 15) is 4.79 Å². The molecule has 3 aliphatic rings. The van der Waals surface area contributed by atoms with Gasteiger partial charge >= 0.3 is 0 Å². The molecule has 5 nitrogen and oxygen atoms in total. The maximum Gasteiger partial charge on any atom is 0.249 e. The molecular weight excluding hydrogens is 316 g/mol. The minimum Gasteiger partial charge on any atom is -0.375 e. The summed E-state index contributed by atoms with van der Waals surface area (Å²) in [5, 5.41) is 3.07. The standard InChI is InChI=1S/C20H28N2O3/c23-20(21-16-6-7-16)19-9-8-17-18(25-19)10-11-22(17)12-13-24-14-15-4-2-1-3-5-15/h1-5,16-19H,6-14H2,(H,21,23)/t17-,18-,19-/m1/s1. The molecule has 0 aromatic heterocycles. The minimum atomic E-state index is -0.240. The third-order valence-corrected chi connectivity index (χ3v) is 5.51. The Morgan fingerprint density at radius 2 is 2.00 bits per heavy atom. The Morgan fingerprint density at radius 3 is 2.80 bits per heavy atom. The van der Waals surface area contributed by atoms with E-state index in [1.54, 1.807) is 0 Å².